The minimum Gasteiger partial charge on any atom is -0.426 e. The lowest BCUT2D eigenvalue weighted by atomic mass is 9.77. The molecule has 4 rings (SSSR count). The first kappa shape index (κ1) is 23.1. The van der Waals surface area contributed by atoms with Crippen molar-refractivity contribution in [3.8, 4) is 0 Å². The van der Waals surface area contributed by atoms with Gasteiger partial charge in [0.2, 0.25) is 18.0 Å². The number of imidazole rings is 1. The largest absolute Gasteiger partial charge is 0.426 e. The zero-order valence-corrected chi connectivity index (χ0v) is 19.2. The molecule has 4 heterocycles. The molecule has 2 aromatic rings. The normalized spacial score (nSPS) is 23.9. The first-order valence-electron chi connectivity index (χ1n) is 10.3. The Bertz CT molecular complexity index is 1200. The molecule has 176 valence electrons. The molecule has 0 radical (unpaired) electrons. The number of hydrogen-bond acceptors (Lipinski definition) is 10. The summed E-state index contributed by atoms with van der Waals surface area (Å²) in [5.41, 5.74) is 0.641. The van der Waals surface area contributed by atoms with E-state index in [1.807, 2.05) is 6.92 Å². The maximum atomic E-state index is 13.1. The molecule has 1 saturated heterocycles. The number of fused-ring (bicyclic) bond motifs is 2. The molecule has 11 nitrogen and oxygen atoms in total. The number of esters is 2. The minimum atomic E-state index is -1.17. The maximum absolute atomic E-state index is 13.1. The summed E-state index contributed by atoms with van der Waals surface area (Å²) < 4.78 is 11.8. The molecule has 0 spiro atoms. The summed E-state index contributed by atoms with van der Waals surface area (Å²) >= 11 is 1.19. The summed E-state index contributed by atoms with van der Waals surface area (Å²) in [5, 5.41) is 19.3. The van der Waals surface area contributed by atoms with Crippen molar-refractivity contribution in [3.05, 3.63) is 28.8 Å². The van der Waals surface area contributed by atoms with E-state index < -0.39 is 54.6 Å². The Morgan fingerprint density at radius 3 is 2.58 bits per heavy atom. The molecular weight excluding hydrogens is 454 g/mol. The SMILES string of the molecule is CC(=O)OC(C)OC(=O)C1=C(c2cn3cnc(C(=O)CO)c3s2)[C@H](C)[C@@H]2[C@@H]([C@@H](C)O)C(=O)N12. The molecule has 2 N–H and O–H groups in total. The Balaban J connectivity index is 1.79. The van der Waals surface area contributed by atoms with Crippen LogP contribution in [-0.4, -0.2) is 73.2 Å². The van der Waals surface area contributed by atoms with E-state index in [4.69, 9.17) is 9.47 Å². The molecular formula is C21H23N3O8S. The van der Waals surface area contributed by atoms with Crippen molar-refractivity contribution >= 4 is 45.4 Å². The highest BCUT2D eigenvalue weighted by molar-refractivity contribution is 7.18. The molecule has 2 aromatic heterocycles. The van der Waals surface area contributed by atoms with Crippen molar-refractivity contribution in [2.45, 2.75) is 46.1 Å². The molecule has 0 saturated carbocycles. The second-order valence-electron chi connectivity index (χ2n) is 8.08. The number of β-lactam (4-membered cyclic amide) rings is 1. The quantitative estimate of drug-likeness (QED) is 0.253. The number of nitrogens with zero attached hydrogens (tertiary/aromatic N) is 3. The van der Waals surface area contributed by atoms with E-state index in [1.54, 1.807) is 10.6 Å². The van der Waals surface area contributed by atoms with Crippen LogP contribution in [0.25, 0.3) is 10.4 Å². The Morgan fingerprint density at radius 2 is 1.97 bits per heavy atom. The van der Waals surface area contributed by atoms with E-state index in [1.165, 1.54) is 43.3 Å². The number of ether oxygens (including phenoxy) is 2. The van der Waals surface area contributed by atoms with Crippen LogP contribution in [0.15, 0.2) is 18.2 Å². The Labute approximate surface area is 192 Å². The van der Waals surface area contributed by atoms with Gasteiger partial charge in [-0.05, 0) is 6.92 Å². The summed E-state index contributed by atoms with van der Waals surface area (Å²) in [6.45, 7) is 5.25. The molecule has 1 amide bonds. The van der Waals surface area contributed by atoms with Gasteiger partial charge in [0.15, 0.2) is 0 Å². The minimum absolute atomic E-state index is 0.0147. The van der Waals surface area contributed by atoms with Gasteiger partial charge in [-0.2, -0.15) is 0 Å². The molecule has 12 heteroatoms. The number of carbonyl (C=O) groups is 4. The molecule has 1 fully saturated rings. The highest BCUT2D eigenvalue weighted by atomic mass is 32.1. The lowest BCUT2D eigenvalue weighted by Gasteiger charge is -2.46. The van der Waals surface area contributed by atoms with Crippen molar-refractivity contribution in [2.75, 3.05) is 6.61 Å². The van der Waals surface area contributed by atoms with Gasteiger partial charge in [0, 0.05) is 31.5 Å². The smallest absolute Gasteiger partial charge is 0.358 e. The van der Waals surface area contributed by atoms with E-state index in [2.05, 4.69) is 4.98 Å². The number of thiazole rings is 1. The van der Waals surface area contributed by atoms with Crippen molar-refractivity contribution in [3.63, 3.8) is 0 Å². The molecule has 1 unspecified atom stereocenters. The van der Waals surface area contributed by atoms with Gasteiger partial charge in [-0.3, -0.25) is 18.8 Å². The highest BCUT2D eigenvalue weighted by Gasteiger charge is 2.60. The van der Waals surface area contributed by atoms with Gasteiger partial charge in [0.1, 0.15) is 29.2 Å². The van der Waals surface area contributed by atoms with Gasteiger partial charge >= 0.3 is 11.9 Å². The van der Waals surface area contributed by atoms with E-state index in [-0.39, 0.29) is 17.3 Å². The monoisotopic (exact) mass is 477 g/mol. The number of aliphatic hydroxyl groups is 2. The van der Waals surface area contributed by atoms with Gasteiger partial charge in [0.25, 0.3) is 0 Å². The zero-order valence-electron chi connectivity index (χ0n) is 18.3. The maximum Gasteiger partial charge on any atom is 0.358 e. The van der Waals surface area contributed by atoms with Crippen LogP contribution in [0, 0.1) is 11.8 Å². The number of aromatic nitrogens is 2. The van der Waals surface area contributed by atoms with Crippen LogP contribution in [0.1, 0.15) is 43.1 Å². The third-order valence-corrected chi connectivity index (χ3v) is 7.00. The Kier molecular flexibility index (Phi) is 5.85. The fourth-order valence-corrected chi connectivity index (χ4v) is 5.77. The number of aliphatic hydroxyl groups excluding tert-OH is 2. The number of hydrogen-bond donors (Lipinski definition) is 2. The summed E-state index contributed by atoms with van der Waals surface area (Å²) in [5.74, 6) is -3.41. The molecule has 0 bridgehead atoms. The molecule has 5 atom stereocenters. The van der Waals surface area contributed by atoms with Gasteiger partial charge in [-0.25, -0.2) is 9.78 Å². The second-order valence-corrected chi connectivity index (χ2v) is 9.11. The van der Waals surface area contributed by atoms with Gasteiger partial charge in [-0.15, -0.1) is 11.3 Å². The van der Waals surface area contributed by atoms with E-state index >= 15 is 0 Å². The van der Waals surface area contributed by atoms with Gasteiger partial charge < -0.3 is 24.6 Å². The fourth-order valence-electron chi connectivity index (χ4n) is 4.54. The number of Topliss-reactive ketones (excluding diaryl/α,β-unsaturated/α-hetero) is 1. The van der Waals surface area contributed by atoms with Gasteiger partial charge in [0.05, 0.1) is 22.9 Å². The first-order chi connectivity index (χ1) is 15.6. The second kappa shape index (κ2) is 8.36. The Hall–Kier alpha value is -3.09. The fraction of sp³-hybridized carbons (Fsp3) is 0.476. The lowest BCUT2D eigenvalue weighted by molar-refractivity contribution is -0.184. The predicted molar refractivity (Wildman–Crippen MR) is 114 cm³/mol. The van der Waals surface area contributed by atoms with E-state index in [9.17, 15) is 29.4 Å². The Morgan fingerprint density at radius 1 is 1.27 bits per heavy atom. The van der Waals surface area contributed by atoms with Crippen molar-refractivity contribution < 1.29 is 38.9 Å². The van der Waals surface area contributed by atoms with Crippen LogP contribution in [0.3, 0.4) is 0 Å². The van der Waals surface area contributed by atoms with Crippen LogP contribution >= 0.6 is 11.3 Å². The van der Waals surface area contributed by atoms with Crippen LogP contribution in [0.5, 0.6) is 0 Å². The topological polar surface area (TPSA) is 148 Å². The molecule has 0 aliphatic carbocycles. The summed E-state index contributed by atoms with van der Waals surface area (Å²) in [6.07, 6.45) is 1.04. The number of rotatable bonds is 7. The third kappa shape index (κ3) is 3.63. The molecule has 0 aromatic carbocycles. The zero-order chi connectivity index (χ0) is 24.2. The van der Waals surface area contributed by atoms with E-state index in [0.717, 1.165) is 0 Å². The number of carbonyl (C=O) groups excluding carboxylic acids is 4. The molecule has 2 aliphatic rings. The average molecular weight is 477 g/mol. The summed E-state index contributed by atoms with van der Waals surface area (Å²) in [7, 11) is 0. The van der Waals surface area contributed by atoms with E-state index in [0.29, 0.717) is 15.3 Å². The predicted octanol–water partition coefficient (Wildman–Crippen LogP) is 0.592. The van der Waals surface area contributed by atoms with Crippen molar-refractivity contribution in [1.82, 2.24) is 14.3 Å². The highest BCUT2D eigenvalue weighted by Crippen LogP contribution is 2.51. The standard InChI is InChI=1S/C21H23N3O8S/c1-8-14(13-5-23-7-22-16(12(28)6-25)20(23)33-13)18(21(30)32-11(4)31-10(3)27)24-17(8)15(9(2)26)19(24)29/h5,7-9,11,15,17,25-26H,6H2,1-4H3/t8-,9+,11?,15+,17+/m0/s1. The van der Waals surface area contributed by atoms with Crippen molar-refractivity contribution in [2.24, 2.45) is 11.8 Å². The van der Waals surface area contributed by atoms with Crippen LogP contribution < -0.4 is 0 Å². The summed E-state index contributed by atoms with van der Waals surface area (Å²) in [4.78, 5) is 55.6. The summed E-state index contributed by atoms with van der Waals surface area (Å²) in [6, 6.07) is -0.447. The lowest BCUT2D eigenvalue weighted by Crippen LogP contribution is -2.63. The third-order valence-electron chi connectivity index (χ3n) is 5.85. The first-order valence-corrected chi connectivity index (χ1v) is 11.1. The number of amides is 1. The number of ketones is 1. The average Bonchev–Trinajstić information content (AvgIpc) is 3.36. The van der Waals surface area contributed by atoms with Crippen LogP contribution in [0.2, 0.25) is 0 Å². The van der Waals surface area contributed by atoms with Crippen LogP contribution in [0.4, 0.5) is 0 Å². The van der Waals surface area contributed by atoms with Crippen LogP contribution in [-0.2, 0) is 23.9 Å². The van der Waals surface area contributed by atoms with Gasteiger partial charge in [-0.1, -0.05) is 6.92 Å². The molecule has 2 aliphatic heterocycles. The molecule has 33 heavy (non-hydrogen) atoms. The van der Waals surface area contributed by atoms with Crippen molar-refractivity contribution in [1.29, 1.82) is 0 Å².